The van der Waals surface area contributed by atoms with Crippen molar-refractivity contribution in [3.63, 3.8) is 0 Å². The smallest absolute Gasteiger partial charge is 0.413 e. The van der Waals surface area contributed by atoms with Crippen molar-refractivity contribution >= 4 is 69.1 Å². The van der Waals surface area contributed by atoms with Crippen molar-refractivity contribution in [1.29, 1.82) is 0 Å². The number of nitrogens with one attached hydrogen (secondary N) is 8. The van der Waals surface area contributed by atoms with Gasteiger partial charge in [-0.15, -0.1) is 0 Å². The lowest BCUT2D eigenvalue weighted by molar-refractivity contribution is -0.0795. The first-order valence-electron chi connectivity index (χ1n) is 37.3. The first-order chi connectivity index (χ1) is 52.9. The summed E-state index contributed by atoms with van der Waals surface area (Å²) in [6.45, 7) is 28.8. The van der Waals surface area contributed by atoms with Crippen molar-refractivity contribution in [2.24, 2.45) is 0 Å². The molecule has 3 fully saturated rings. The topological polar surface area (TPSA) is 321 Å². The Morgan fingerprint density at radius 1 is 0.450 bits per heavy atom. The summed E-state index contributed by atoms with van der Waals surface area (Å²) in [5, 5.41) is 13.6. The number of fused-ring (bicyclic) bond motifs is 3. The van der Waals surface area contributed by atoms with Gasteiger partial charge in [0.05, 0.1) is 112 Å². The molecule has 0 saturated carbocycles. The van der Waals surface area contributed by atoms with Crippen molar-refractivity contribution in [2.75, 3.05) is 88.1 Å². The fraction of sp³-hybridized carbons (Fsp3) is 0.341. The van der Waals surface area contributed by atoms with Crippen LogP contribution in [0.2, 0.25) is 0 Å². The summed E-state index contributed by atoms with van der Waals surface area (Å²) in [5.74, 6) is 1.08. The maximum absolute atomic E-state index is 12.1. The molecule has 0 radical (unpaired) electrons. The first-order valence-corrected chi connectivity index (χ1v) is 37.3. The Kier molecular flexibility index (Phi) is 24.4. The lowest BCUT2D eigenvalue weighted by atomic mass is 10.00. The number of aromatic amines is 3. The molecule has 0 aliphatic carbocycles. The Labute approximate surface area is 633 Å². The van der Waals surface area contributed by atoms with E-state index in [2.05, 4.69) is 189 Å². The van der Waals surface area contributed by atoms with Crippen LogP contribution in [0.3, 0.4) is 0 Å². The fourth-order valence-electron chi connectivity index (χ4n) is 14.1. The minimum Gasteiger partial charge on any atom is -0.450 e. The van der Waals surface area contributed by atoms with Crippen LogP contribution in [0.4, 0.5) is 32.2 Å². The predicted molar refractivity (Wildman–Crippen MR) is 425 cm³/mol. The highest BCUT2D eigenvalue weighted by Gasteiger charge is 2.30. The molecule has 3 saturated heterocycles. The third kappa shape index (κ3) is 18.6. The van der Waals surface area contributed by atoms with Crippen LogP contribution in [0.25, 0.3) is 100 Å². The molecular formula is C82H94N20O7. The maximum Gasteiger partial charge on any atom is 0.413 e. The number of amides is 5. The number of imidazole rings is 3. The van der Waals surface area contributed by atoms with Crippen LogP contribution < -0.4 is 26.6 Å². The number of benzene rings is 3. The third-order valence-electron chi connectivity index (χ3n) is 19.4. The summed E-state index contributed by atoms with van der Waals surface area (Å²) in [6, 6.07) is 42.2. The van der Waals surface area contributed by atoms with Gasteiger partial charge in [0.15, 0.2) is 0 Å². The number of pyridine rings is 6. The summed E-state index contributed by atoms with van der Waals surface area (Å²) >= 11 is 0. The second-order valence-electron chi connectivity index (χ2n) is 27.5. The van der Waals surface area contributed by atoms with E-state index in [1.165, 1.54) is 0 Å². The van der Waals surface area contributed by atoms with Gasteiger partial charge in [0.2, 0.25) is 17.8 Å². The van der Waals surface area contributed by atoms with Crippen LogP contribution in [0.15, 0.2) is 165 Å². The SMILES string of the molecule is CCNC(=O)Nc1nc2c(-c3ccccn3)cc(-c3ccc(C(C)N4CCOCC4)nc3)cc2[nH]1.CCNC(=O)Nc1nc2c(-c3ccccn3)cc(-c3ccc(C(C)N4C[C@@H](C)O[C@@H](C)C4)nc3)cc2[nH]1.CCOC(=O)Nc1nc2c(-c3ccccn3)cc(-c3ccc(C(C)N4C[C@@H](C)O[C@@H](C)C4)nc3)cc2[nH]1. The van der Waals surface area contributed by atoms with Gasteiger partial charge in [-0.05, 0) is 177 Å². The molecule has 0 bridgehead atoms. The number of hydrogen-bond acceptors (Lipinski definition) is 19. The lowest BCUT2D eigenvalue weighted by Crippen LogP contribution is -2.46. The molecule has 8 N–H and O–H groups in total. The van der Waals surface area contributed by atoms with E-state index in [4.69, 9.17) is 33.9 Å². The number of carbonyl (C=O) groups excluding carboxylic acids is 3. The van der Waals surface area contributed by atoms with Gasteiger partial charge in [-0.1, -0.05) is 36.4 Å². The normalized spacial score (nSPS) is 17.8. The third-order valence-corrected chi connectivity index (χ3v) is 19.4. The number of carbonyl (C=O) groups is 3. The zero-order valence-corrected chi connectivity index (χ0v) is 63.1. The van der Waals surface area contributed by atoms with Crippen LogP contribution in [0.1, 0.15) is 104 Å². The molecule has 5 amide bonds. The quantitative estimate of drug-likeness (QED) is 0.0396. The Morgan fingerprint density at radius 3 is 1.11 bits per heavy atom. The molecule has 12 aromatic rings. The average molecular weight is 1470 g/mol. The molecule has 3 aliphatic rings. The minimum atomic E-state index is -0.556. The van der Waals surface area contributed by atoms with Crippen molar-refractivity contribution < 1.29 is 33.3 Å². The predicted octanol–water partition coefficient (Wildman–Crippen LogP) is 14.6. The molecular weight excluding hydrogens is 1380 g/mol. The average Bonchev–Trinajstić information content (AvgIpc) is 1.68. The lowest BCUT2D eigenvalue weighted by Gasteiger charge is -2.38. The number of ether oxygens (including phenoxy) is 4. The Hall–Kier alpha value is -11.5. The standard InChI is InChI=1S/C28H33N7O2.C28H32N6O3.C26H29N7O2/c1-5-29-28(36)34-27-32-25-13-21(12-22(26(25)33-27)24-8-6-7-11-30-24)20-9-10-23(31-14-20)19(4)35-15-17(2)37-18(3)16-35;1-5-36-28(35)33-27-31-25-13-21(12-22(26(25)32-27)24-8-6-7-11-29-24)20-9-10-23(30-14-20)19(4)34-15-17(2)37-18(3)16-34;1-3-27-26(34)32-25-30-23-15-19(14-20(24(23)31-25)22-6-4-5-9-28-22)18-7-8-21(29-16-18)17(2)33-10-12-35-13-11-33/h6-14,17-19H,5,15-16H2,1-4H3,(H3,29,32,33,34,36);6-14,17-19H,5,15-16H2,1-4H3,(H2,31,32,33,35);4-9,14-17H,3,10-13H2,1-2H3,(H3,27,30,31,32,34)/t2*17-,18+,19?;. The second-order valence-corrected chi connectivity index (χ2v) is 27.5. The monoisotopic (exact) mass is 1470 g/mol. The first kappa shape index (κ1) is 75.8. The van der Waals surface area contributed by atoms with Gasteiger partial charge in [-0.3, -0.25) is 60.6 Å². The largest absolute Gasteiger partial charge is 0.450 e. The molecule has 12 heterocycles. The molecule has 0 spiro atoms. The van der Waals surface area contributed by atoms with E-state index in [1.54, 1.807) is 25.5 Å². The molecule has 15 rings (SSSR count). The molecule has 27 heteroatoms. The molecule has 564 valence electrons. The number of H-pyrrole nitrogens is 3. The van der Waals surface area contributed by atoms with Crippen molar-refractivity contribution in [3.05, 3.63) is 182 Å². The van der Waals surface area contributed by atoms with Gasteiger partial charge in [0.25, 0.3) is 0 Å². The molecule has 3 unspecified atom stereocenters. The highest BCUT2D eigenvalue weighted by Crippen LogP contribution is 2.38. The minimum absolute atomic E-state index is 0.193. The number of nitrogens with zero attached hydrogens (tertiary/aromatic N) is 12. The Balaban J connectivity index is 0.000000144. The Morgan fingerprint density at radius 2 is 0.798 bits per heavy atom. The van der Waals surface area contributed by atoms with Gasteiger partial charge in [0, 0.05) is 141 Å². The molecule has 27 nitrogen and oxygen atoms in total. The molecule has 3 aliphatic heterocycles. The molecule has 9 aromatic heterocycles. The van der Waals surface area contributed by atoms with Crippen LogP contribution in [0, 0.1) is 0 Å². The summed E-state index contributed by atoms with van der Waals surface area (Å²) in [6.07, 6.45) is 11.3. The van der Waals surface area contributed by atoms with E-state index in [-0.39, 0.29) is 61.2 Å². The van der Waals surface area contributed by atoms with Gasteiger partial charge in [-0.2, -0.15) is 0 Å². The summed E-state index contributed by atoms with van der Waals surface area (Å²) in [5.41, 5.74) is 18.6. The van der Waals surface area contributed by atoms with Crippen molar-refractivity contribution in [1.82, 2.24) is 85.1 Å². The zero-order chi connectivity index (χ0) is 76.1. The number of urea groups is 2. The second kappa shape index (κ2) is 35.1. The zero-order valence-electron chi connectivity index (χ0n) is 63.1. The van der Waals surface area contributed by atoms with Gasteiger partial charge in [0.1, 0.15) is 0 Å². The summed E-state index contributed by atoms with van der Waals surface area (Å²) in [7, 11) is 0. The van der Waals surface area contributed by atoms with Crippen LogP contribution in [-0.2, 0) is 18.9 Å². The van der Waals surface area contributed by atoms with Crippen LogP contribution in [-0.4, -0.2) is 189 Å². The van der Waals surface area contributed by atoms with E-state index in [1.807, 2.05) is 105 Å². The van der Waals surface area contributed by atoms with Gasteiger partial charge < -0.3 is 44.5 Å². The highest BCUT2D eigenvalue weighted by atomic mass is 16.5. The van der Waals surface area contributed by atoms with Crippen LogP contribution >= 0.6 is 0 Å². The number of morpholine rings is 3. The number of aromatic nitrogens is 12. The van der Waals surface area contributed by atoms with Gasteiger partial charge in [-0.25, -0.2) is 29.3 Å². The number of hydrogen-bond donors (Lipinski definition) is 8. The fourth-order valence-corrected chi connectivity index (χ4v) is 14.1. The number of anilines is 3. The van der Waals surface area contributed by atoms with E-state index < -0.39 is 6.09 Å². The van der Waals surface area contributed by atoms with E-state index in [0.717, 1.165) is 164 Å². The van der Waals surface area contributed by atoms with E-state index in [9.17, 15) is 14.4 Å². The molecule has 109 heavy (non-hydrogen) atoms. The van der Waals surface area contributed by atoms with Crippen molar-refractivity contribution in [3.8, 4) is 67.2 Å². The van der Waals surface area contributed by atoms with E-state index >= 15 is 0 Å². The van der Waals surface area contributed by atoms with E-state index in [0.29, 0.717) is 36.5 Å². The molecule has 7 atom stereocenters. The van der Waals surface area contributed by atoms with Crippen LogP contribution in [0.5, 0.6) is 0 Å². The highest BCUT2D eigenvalue weighted by molar-refractivity contribution is 6.00. The molecule has 3 aromatic carbocycles. The van der Waals surface area contributed by atoms with Crippen molar-refractivity contribution in [2.45, 2.75) is 112 Å². The van der Waals surface area contributed by atoms with Gasteiger partial charge >= 0.3 is 18.2 Å². The maximum atomic E-state index is 12.1. The Bertz CT molecular complexity index is 4810. The summed E-state index contributed by atoms with van der Waals surface area (Å²) in [4.78, 5) is 94.9. The summed E-state index contributed by atoms with van der Waals surface area (Å²) < 4.78 is 22.3. The number of rotatable bonds is 18.